The zero-order valence-corrected chi connectivity index (χ0v) is 5.56. The first-order valence-electron chi connectivity index (χ1n) is 3.46. The van der Waals surface area contributed by atoms with Crippen LogP contribution in [0.4, 0.5) is 0 Å². The monoisotopic (exact) mass is 145 g/mol. The normalized spacial score (nSPS) is 53.4. The molecule has 0 bridgehead atoms. The molecule has 2 heterocycles. The van der Waals surface area contributed by atoms with Crippen LogP contribution in [0.2, 0.25) is 0 Å². The fraction of sp³-hybridized carbons (Fsp3) is 1.00. The fourth-order valence-electron chi connectivity index (χ4n) is 1.51. The first kappa shape index (κ1) is 6.54. The summed E-state index contributed by atoms with van der Waals surface area (Å²) in [7, 11) is 0. The lowest BCUT2D eigenvalue weighted by Gasteiger charge is -2.10. The van der Waals surface area contributed by atoms with Gasteiger partial charge in [-0.1, -0.05) is 0 Å². The summed E-state index contributed by atoms with van der Waals surface area (Å²) in [5, 5.41) is 9.21. The first-order chi connectivity index (χ1) is 4.79. The van der Waals surface area contributed by atoms with Gasteiger partial charge >= 0.3 is 0 Å². The molecule has 4 nitrogen and oxygen atoms in total. The van der Waals surface area contributed by atoms with Gasteiger partial charge < -0.3 is 20.3 Å². The maximum atomic E-state index is 9.21. The Balaban J connectivity index is 2.09. The summed E-state index contributed by atoms with van der Waals surface area (Å²) < 4.78 is 10.4. The smallest absolute Gasteiger partial charge is 0.113 e. The van der Waals surface area contributed by atoms with Crippen LogP contribution in [0.3, 0.4) is 0 Å². The summed E-state index contributed by atoms with van der Waals surface area (Å²) in [6.07, 6.45) is -0.719. The number of hydrogen-bond donors (Lipinski definition) is 2. The molecule has 0 amide bonds. The van der Waals surface area contributed by atoms with E-state index in [4.69, 9.17) is 15.2 Å². The van der Waals surface area contributed by atoms with E-state index < -0.39 is 6.10 Å². The highest BCUT2D eigenvalue weighted by molar-refractivity contribution is 4.95. The van der Waals surface area contributed by atoms with Crippen molar-refractivity contribution in [2.24, 2.45) is 5.73 Å². The molecule has 0 radical (unpaired) electrons. The summed E-state index contributed by atoms with van der Waals surface area (Å²) in [4.78, 5) is 0. The third-order valence-corrected chi connectivity index (χ3v) is 2.07. The van der Waals surface area contributed by atoms with E-state index in [0.717, 1.165) is 0 Å². The lowest BCUT2D eigenvalue weighted by Crippen LogP contribution is -2.36. The van der Waals surface area contributed by atoms with Crippen LogP contribution >= 0.6 is 0 Å². The van der Waals surface area contributed by atoms with Gasteiger partial charge in [0.1, 0.15) is 18.3 Å². The van der Waals surface area contributed by atoms with Crippen molar-refractivity contribution in [2.75, 3.05) is 13.2 Å². The standard InChI is InChI=1S/C6H11NO3/c7-3-1-9-6-4(8)2-10-5(3)6/h3-6,8H,1-2,7H2/t3-,4-,5?,6?/m1/s1. The molecule has 10 heavy (non-hydrogen) atoms. The number of aliphatic hydroxyl groups excluding tert-OH is 1. The molecule has 4 heteroatoms. The van der Waals surface area contributed by atoms with Crippen LogP contribution in [0, 0.1) is 0 Å². The van der Waals surface area contributed by atoms with E-state index in [0.29, 0.717) is 13.2 Å². The Bertz CT molecular complexity index is 125. The Kier molecular flexibility index (Phi) is 1.42. The Labute approximate surface area is 58.9 Å². The molecule has 2 rings (SSSR count). The molecule has 0 saturated carbocycles. The van der Waals surface area contributed by atoms with Gasteiger partial charge in [0.25, 0.3) is 0 Å². The second kappa shape index (κ2) is 2.17. The highest BCUT2D eigenvalue weighted by Gasteiger charge is 2.45. The summed E-state index contributed by atoms with van der Waals surface area (Å²) >= 11 is 0. The van der Waals surface area contributed by atoms with E-state index in [1.807, 2.05) is 0 Å². The average Bonchev–Trinajstić information content (AvgIpc) is 2.41. The van der Waals surface area contributed by atoms with Crippen LogP contribution in [0.25, 0.3) is 0 Å². The van der Waals surface area contributed by atoms with Gasteiger partial charge in [-0.25, -0.2) is 0 Å². The van der Waals surface area contributed by atoms with Crippen molar-refractivity contribution in [3.8, 4) is 0 Å². The third-order valence-electron chi connectivity index (χ3n) is 2.07. The Morgan fingerprint density at radius 3 is 2.60 bits per heavy atom. The molecule has 2 aliphatic rings. The molecular weight excluding hydrogens is 134 g/mol. The summed E-state index contributed by atoms with van der Waals surface area (Å²) in [6, 6.07) is -0.0536. The third kappa shape index (κ3) is 0.769. The molecule has 0 aliphatic carbocycles. The van der Waals surface area contributed by atoms with Crippen molar-refractivity contribution >= 4 is 0 Å². The molecule has 0 spiro atoms. The number of hydrogen-bond acceptors (Lipinski definition) is 4. The van der Waals surface area contributed by atoms with Crippen molar-refractivity contribution in [2.45, 2.75) is 24.4 Å². The van der Waals surface area contributed by atoms with Crippen molar-refractivity contribution in [1.29, 1.82) is 0 Å². The molecule has 0 aromatic heterocycles. The van der Waals surface area contributed by atoms with Crippen LogP contribution in [0.15, 0.2) is 0 Å². The molecule has 0 aromatic rings. The molecule has 2 unspecified atom stereocenters. The minimum Gasteiger partial charge on any atom is -0.388 e. The molecule has 2 fully saturated rings. The predicted octanol–water partition coefficient (Wildman–Crippen LogP) is -1.53. The van der Waals surface area contributed by atoms with Crippen LogP contribution in [-0.4, -0.2) is 42.7 Å². The van der Waals surface area contributed by atoms with Crippen LogP contribution in [0.1, 0.15) is 0 Å². The van der Waals surface area contributed by atoms with Gasteiger partial charge in [0.05, 0.1) is 19.3 Å². The number of nitrogens with two attached hydrogens (primary N) is 1. The summed E-state index contributed by atoms with van der Waals surface area (Å²) in [5.41, 5.74) is 5.62. The number of fused-ring (bicyclic) bond motifs is 1. The molecule has 58 valence electrons. The highest BCUT2D eigenvalue weighted by Crippen LogP contribution is 2.25. The van der Waals surface area contributed by atoms with Crippen molar-refractivity contribution in [1.82, 2.24) is 0 Å². The maximum absolute atomic E-state index is 9.21. The van der Waals surface area contributed by atoms with E-state index >= 15 is 0 Å². The Morgan fingerprint density at radius 1 is 1.20 bits per heavy atom. The van der Waals surface area contributed by atoms with Gasteiger partial charge in [0.2, 0.25) is 0 Å². The van der Waals surface area contributed by atoms with Gasteiger partial charge in [0.15, 0.2) is 0 Å². The molecular formula is C6H11NO3. The topological polar surface area (TPSA) is 64.7 Å². The number of ether oxygens (including phenoxy) is 2. The number of rotatable bonds is 0. The maximum Gasteiger partial charge on any atom is 0.113 e. The van der Waals surface area contributed by atoms with Crippen molar-refractivity contribution < 1.29 is 14.6 Å². The van der Waals surface area contributed by atoms with Gasteiger partial charge in [-0.2, -0.15) is 0 Å². The second-order valence-electron chi connectivity index (χ2n) is 2.83. The first-order valence-corrected chi connectivity index (χ1v) is 3.46. The predicted molar refractivity (Wildman–Crippen MR) is 33.5 cm³/mol. The SMILES string of the molecule is N[C@@H]1COC2C1OC[C@H]2O. The van der Waals surface area contributed by atoms with E-state index in [9.17, 15) is 5.11 Å². The zero-order chi connectivity index (χ0) is 7.14. The second-order valence-corrected chi connectivity index (χ2v) is 2.83. The molecule has 2 aliphatic heterocycles. The van der Waals surface area contributed by atoms with Gasteiger partial charge in [-0.05, 0) is 0 Å². The zero-order valence-electron chi connectivity index (χ0n) is 5.56. The molecule has 3 N–H and O–H groups in total. The highest BCUT2D eigenvalue weighted by atomic mass is 16.6. The van der Waals surface area contributed by atoms with Crippen LogP contribution in [-0.2, 0) is 9.47 Å². The number of aliphatic hydroxyl groups is 1. The molecule has 0 aromatic carbocycles. The van der Waals surface area contributed by atoms with Crippen LogP contribution in [0.5, 0.6) is 0 Å². The van der Waals surface area contributed by atoms with Gasteiger partial charge in [0, 0.05) is 0 Å². The van der Waals surface area contributed by atoms with E-state index in [1.54, 1.807) is 0 Å². The van der Waals surface area contributed by atoms with Gasteiger partial charge in [-0.15, -0.1) is 0 Å². The summed E-state index contributed by atoms with van der Waals surface area (Å²) in [6.45, 7) is 0.870. The average molecular weight is 145 g/mol. The van der Waals surface area contributed by atoms with Crippen molar-refractivity contribution in [3.63, 3.8) is 0 Å². The Morgan fingerprint density at radius 2 is 1.90 bits per heavy atom. The quantitative estimate of drug-likeness (QED) is 0.434. The lowest BCUT2D eigenvalue weighted by atomic mass is 10.1. The van der Waals surface area contributed by atoms with Gasteiger partial charge in [-0.3, -0.25) is 0 Å². The van der Waals surface area contributed by atoms with E-state index in [1.165, 1.54) is 0 Å². The minimum atomic E-state index is -0.474. The van der Waals surface area contributed by atoms with Crippen molar-refractivity contribution in [3.05, 3.63) is 0 Å². The van der Waals surface area contributed by atoms with E-state index in [-0.39, 0.29) is 18.2 Å². The molecule has 2 saturated heterocycles. The minimum absolute atomic E-state index is 0.0536. The largest absolute Gasteiger partial charge is 0.388 e. The van der Waals surface area contributed by atoms with Crippen LogP contribution < -0.4 is 5.73 Å². The summed E-state index contributed by atoms with van der Waals surface area (Å²) in [5.74, 6) is 0. The Hall–Kier alpha value is -0.160. The molecule has 4 atom stereocenters. The fourth-order valence-corrected chi connectivity index (χ4v) is 1.51. The lowest BCUT2D eigenvalue weighted by molar-refractivity contribution is 0.0182. The van der Waals surface area contributed by atoms with E-state index in [2.05, 4.69) is 0 Å².